The molecule has 1 aromatic heterocycles. The van der Waals surface area contributed by atoms with Crippen LogP contribution in [-0.2, 0) is 4.74 Å². The summed E-state index contributed by atoms with van der Waals surface area (Å²) in [4.78, 5) is 3.86. The fourth-order valence-corrected chi connectivity index (χ4v) is 2.35. The molecule has 0 bridgehead atoms. The van der Waals surface area contributed by atoms with Crippen LogP contribution in [0.3, 0.4) is 0 Å². The highest BCUT2D eigenvalue weighted by molar-refractivity contribution is 5.27. The average Bonchev–Trinajstić information content (AvgIpc) is 2.90. The van der Waals surface area contributed by atoms with Crippen molar-refractivity contribution in [2.24, 2.45) is 0 Å². The summed E-state index contributed by atoms with van der Waals surface area (Å²) < 4.78 is 24.8. The summed E-state index contributed by atoms with van der Waals surface area (Å²) in [5, 5.41) is 3.28. The molecule has 0 spiro atoms. The monoisotopic (exact) mass is 254 g/mol. The molecule has 100 valence electrons. The molecule has 0 aliphatic carbocycles. The fourth-order valence-electron chi connectivity index (χ4n) is 2.35. The molecule has 0 amide bonds. The lowest BCUT2D eigenvalue weighted by molar-refractivity contribution is 0.0774. The van der Waals surface area contributed by atoms with Crippen LogP contribution in [0.5, 0.6) is 5.88 Å². The van der Waals surface area contributed by atoms with Gasteiger partial charge in [-0.2, -0.15) is 0 Å². The molecule has 18 heavy (non-hydrogen) atoms. The Morgan fingerprint density at radius 1 is 1.67 bits per heavy atom. The smallest absolute Gasteiger partial charge is 0.250 e. The van der Waals surface area contributed by atoms with Crippen molar-refractivity contribution >= 4 is 0 Å². The fraction of sp³-hybridized carbons (Fsp3) is 0.615. The van der Waals surface area contributed by atoms with Gasteiger partial charge in [-0.3, -0.25) is 0 Å². The Balaban J connectivity index is 2.29. The zero-order valence-corrected chi connectivity index (χ0v) is 10.8. The van der Waals surface area contributed by atoms with Crippen LogP contribution in [-0.4, -0.2) is 31.3 Å². The van der Waals surface area contributed by atoms with Gasteiger partial charge >= 0.3 is 0 Å². The Bertz CT molecular complexity index is 395. The van der Waals surface area contributed by atoms with Crippen LogP contribution in [0.25, 0.3) is 0 Å². The summed E-state index contributed by atoms with van der Waals surface area (Å²) >= 11 is 0. The van der Waals surface area contributed by atoms with Gasteiger partial charge in [-0.05, 0) is 25.5 Å². The Kier molecular flexibility index (Phi) is 4.49. The first kappa shape index (κ1) is 13.2. The van der Waals surface area contributed by atoms with Crippen LogP contribution in [0.15, 0.2) is 12.3 Å². The van der Waals surface area contributed by atoms with E-state index < -0.39 is 5.82 Å². The Labute approximate surface area is 107 Å². The van der Waals surface area contributed by atoms with Crippen molar-refractivity contribution in [3.8, 4) is 5.88 Å². The van der Waals surface area contributed by atoms with Crippen molar-refractivity contribution in [1.29, 1.82) is 0 Å². The van der Waals surface area contributed by atoms with Crippen LogP contribution in [0.2, 0.25) is 0 Å². The summed E-state index contributed by atoms with van der Waals surface area (Å²) in [6, 6.07) is 1.54. The minimum absolute atomic E-state index is 0.0200. The molecule has 1 aliphatic heterocycles. The first-order valence-electron chi connectivity index (χ1n) is 6.31. The van der Waals surface area contributed by atoms with Gasteiger partial charge < -0.3 is 14.8 Å². The van der Waals surface area contributed by atoms with Gasteiger partial charge in [0, 0.05) is 18.4 Å². The van der Waals surface area contributed by atoms with E-state index >= 15 is 0 Å². The number of likely N-dealkylation sites (N-methyl/N-ethyl adjacent to an activating group) is 1. The number of rotatable bonds is 5. The van der Waals surface area contributed by atoms with Crippen LogP contribution < -0.4 is 10.1 Å². The second-order valence-corrected chi connectivity index (χ2v) is 4.31. The number of nitrogens with one attached hydrogen (secondary N) is 1. The van der Waals surface area contributed by atoms with Crippen LogP contribution >= 0.6 is 0 Å². The van der Waals surface area contributed by atoms with Crippen molar-refractivity contribution < 1.29 is 13.9 Å². The Hall–Kier alpha value is -1.20. The van der Waals surface area contributed by atoms with E-state index in [1.54, 1.807) is 12.3 Å². The zero-order chi connectivity index (χ0) is 13.0. The molecule has 0 aromatic carbocycles. The number of ether oxygens (including phenoxy) is 2. The minimum Gasteiger partial charge on any atom is -0.479 e. The van der Waals surface area contributed by atoms with E-state index in [-0.39, 0.29) is 18.0 Å². The predicted octanol–water partition coefficient (Wildman–Crippen LogP) is 2.06. The van der Waals surface area contributed by atoms with Crippen molar-refractivity contribution in [2.75, 3.05) is 20.3 Å². The lowest BCUT2D eigenvalue weighted by Crippen LogP contribution is -2.32. The molecular formula is C13H19FN2O2. The molecule has 0 saturated carbocycles. The van der Waals surface area contributed by atoms with E-state index in [2.05, 4.69) is 10.3 Å². The maximum absolute atomic E-state index is 14.2. The number of aromatic nitrogens is 1. The van der Waals surface area contributed by atoms with Crippen molar-refractivity contribution in [3.05, 3.63) is 23.6 Å². The highest BCUT2D eigenvalue weighted by Crippen LogP contribution is 2.30. The van der Waals surface area contributed by atoms with Gasteiger partial charge in [-0.25, -0.2) is 9.37 Å². The minimum atomic E-state index is -0.401. The summed E-state index contributed by atoms with van der Waals surface area (Å²) in [7, 11) is 1.42. The predicted molar refractivity (Wildman–Crippen MR) is 66.1 cm³/mol. The Morgan fingerprint density at radius 2 is 2.50 bits per heavy atom. The van der Waals surface area contributed by atoms with Crippen molar-refractivity contribution in [2.45, 2.75) is 31.9 Å². The molecule has 1 aromatic rings. The van der Waals surface area contributed by atoms with Gasteiger partial charge in [-0.15, -0.1) is 0 Å². The summed E-state index contributed by atoms with van der Waals surface area (Å²) in [5.74, 6) is -0.366. The average molecular weight is 254 g/mol. The second kappa shape index (κ2) is 6.11. The molecule has 1 saturated heterocycles. The molecule has 1 fully saturated rings. The first-order chi connectivity index (χ1) is 8.77. The standard InChI is InChI=1S/C13H19FN2O2/c1-3-15-12(10-5-4-8-18-10)9-6-7-16-13(17-2)11(9)14/h6-7,10,12,15H,3-5,8H2,1-2H3. The topological polar surface area (TPSA) is 43.4 Å². The van der Waals surface area contributed by atoms with E-state index in [9.17, 15) is 4.39 Å². The summed E-state index contributed by atoms with van der Waals surface area (Å²) in [6.07, 6.45) is 3.56. The second-order valence-electron chi connectivity index (χ2n) is 4.31. The highest BCUT2D eigenvalue weighted by atomic mass is 19.1. The SMILES string of the molecule is CCNC(c1ccnc(OC)c1F)C1CCCO1. The normalized spacial score (nSPS) is 20.9. The van der Waals surface area contributed by atoms with Crippen LogP contribution in [0, 0.1) is 5.82 Å². The molecule has 2 heterocycles. The third-order valence-electron chi connectivity index (χ3n) is 3.18. The largest absolute Gasteiger partial charge is 0.479 e. The third kappa shape index (κ3) is 2.62. The van der Waals surface area contributed by atoms with E-state index in [1.807, 2.05) is 6.92 Å². The Morgan fingerprint density at radius 3 is 3.11 bits per heavy atom. The molecule has 2 unspecified atom stereocenters. The highest BCUT2D eigenvalue weighted by Gasteiger charge is 2.29. The maximum Gasteiger partial charge on any atom is 0.250 e. The van der Waals surface area contributed by atoms with E-state index in [1.165, 1.54) is 7.11 Å². The molecule has 0 radical (unpaired) electrons. The number of nitrogens with zero attached hydrogens (tertiary/aromatic N) is 1. The van der Waals surface area contributed by atoms with Crippen LogP contribution in [0.1, 0.15) is 31.4 Å². The van der Waals surface area contributed by atoms with Crippen molar-refractivity contribution in [1.82, 2.24) is 10.3 Å². The van der Waals surface area contributed by atoms with Gasteiger partial charge in [-0.1, -0.05) is 6.92 Å². The van der Waals surface area contributed by atoms with Crippen molar-refractivity contribution in [3.63, 3.8) is 0 Å². The summed E-state index contributed by atoms with van der Waals surface area (Å²) in [5.41, 5.74) is 0.565. The van der Waals surface area contributed by atoms with Gasteiger partial charge in [0.05, 0.1) is 19.3 Å². The van der Waals surface area contributed by atoms with E-state index in [0.717, 1.165) is 26.0 Å². The van der Waals surface area contributed by atoms with Gasteiger partial charge in [0.15, 0.2) is 5.82 Å². The van der Waals surface area contributed by atoms with E-state index in [4.69, 9.17) is 9.47 Å². The summed E-state index contributed by atoms with van der Waals surface area (Å²) in [6.45, 7) is 3.50. The lowest BCUT2D eigenvalue weighted by atomic mass is 9.99. The molecule has 5 heteroatoms. The van der Waals surface area contributed by atoms with Crippen LogP contribution in [0.4, 0.5) is 4.39 Å². The number of pyridine rings is 1. The molecule has 1 aliphatic rings. The third-order valence-corrected chi connectivity index (χ3v) is 3.18. The van der Waals surface area contributed by atoms with Gasteiger partial charge in [0.1, 0.15) is 0 Å². The first-order valence-corrected chi connectivity index (χ1v) is 6.31. The lowest BCUT2D eigenvalue weighted by Gasteiger charge is -2.24. The number of hydrogen-bond acceptors (Lipinski definition) is 4. The number of methoxy groups -OCH3 is 1. The number of hydrogen-bond donors (Lipinski definition) is 1. The van der Waals surface area contributed by atoms with Gasteiger partial charge in [0.2, 0.25) is 5.88 Å². The number of halogens is 1. The molecule has 2 atom stereocenters. The zero-order valence-electron chi connectivity index (χ0n) is 10.8. The molecule has 4 nitrogen and oxygen atoms in total. The molecule has 1 N–H and O–H groups in total. The molecule has 2 rings (SSSR count). The van der Waals surface area contributed by atoms with Gasteiger partial charge in [0.25, 0.3) is 0 Å². The maximum atomic E-state index is 14.2. The van der Waals surface area contributed by atoms with E-state index in [0.29, 0.717) is 5.56 Å². The molecular weight excluding hydrogens is 235 g/mol. The quantitative estimate of drug-likeness (QED) is 0.873.